The fraction of sp³-hybridized carbons (Fsp3) is 0.304. The number of amides is 1. The first kappa shape index (κ1) is 21.5. The third-order valence-electron chi connectivity index (χ3n) is 5.09. The van der Waals surface area contributed by atoms with Crippen LogP contribution in [-0.4, -0.2) is 60.9 Å². The third-order valence-corrected chi connectivity index (χ3v) is 5.09. The molecule has 1 heterocycles. The number of aliphatic hydroxyl groups is 1. The van der Waals surface area contributed by atoms with Crippen molar-refractivity contribution in [3.05, 3.63) is 71.0 Å². The van der Waals surface area contributed by atoms with E-state index < -0.39 is 23.5 Å². The minimum atomic E-state index is -0.783. The van der Waals surface area contributed by atoms with Crippen LogP contribution in [0.2, 0.25) is 0 Å². The summed E-state index contributed by atoms with van der Waals surface area (Å²) in [6.45, 7) is 1.07. The number of likely N-dealkylation sites (tertiary alicyclic amines) is 1. The second-order valence-corrected chi connectivity index (χ2v) is 7.43. The smallest absolute Gasteiger partial charge is 0.295 e. The molecule has 6 nitrogen and oxygen atoms in total. The number of Topliss-reactive ketones (excluding diaryl/α,β-unsaturated/α-hetero) is 1. The first-order chi connectivity index (χ1) is 14.3. The van der Waals surface area contributed by atoms with E-state index in [9.17, 15) is 19.1 Å². The minimum Gasteiger partial charge on any atom is -0.507 e. The Bertz CT molecular complexity index is 952. The van der Waals surface area contributed by atoms with Crippen molar-refractivity contribution in [1.82, 2.24) is 9.80 Å². The number of aliphatic hydroxyl groups excluding tert-OH is 1. The van der Waals surface area contributed by atoms with Crippen molar-refractivity contribution in [3.63, 3.8) is 0 Å². The van der Waals surface area contributed by atoms with Gasteiger partial charge in [0.25, 0.3) is 11.7 Å². The highest BCUT2D eigenvalue weighted by Gasteiger charge is 2.45. The molecular weight excluding hydrogens is 387 g/mol. The van der Waals surface area contributed by atoms with Crippen molar-refractivity contribution in [2.45, 2.75) is 12.5 Å². The topological polar surface area (TPSA) is 70.1 Å². The first-order valence-electron chi connectivity index (χ1n) is 9.66. The molecule has 1 fully saturated rings. The van der Waals surface area contributed by atoms with Gasteiger partial charge in [0.05, 0.1) is 18.7 Å². The van der Waals surface area contributed by atoms with E-state index in [0.29, 0.717) is 29.8 Å². The Morgan fingerprint density at radius 2 is 1.73 bits per heavy atom. The summed E-state index contributed by atoms with van der Waals surface area (Å²) in [5.41, 5.74) is 0.964. The van der Waals surface area contributed by atoms with Crippen LogP contribution in [0.25, 0.3) is 5.76 Å². The minimum absolute atomic E-state index is 0.00151. The van der Waals surface area contributed by atoms with E-state index in [1.807, 2.05) is 19.0 Å². The maximum absolute atomic E-state index is 13.5. The van der Waals surface area contributed by atoms with E-state index in [4.69, 9.17) is 4.74 Å². The van der Waals surface area contributed by atoms with Crippen molar-refractivity contribution in [1.29, 1.82) is 0 Å². The number of carbonyl (C=O) groups is 2. The van der Waals surface area contributed by atoms with Crippen LogP contribution >= 0.6 is 0 Å². The number of nitrogens with zero attached hydrogens (tertiary/aromatic N) is 2. The Hall–Kier alpha value is -3.19. The predicted molar refractivity (Wildman–Crippen MR) is 112 cm³/mol. The van der Waals surface area contributed by atoms with Crippen molar-refractivity contribution < 1.29 is 23.8 Å². The van der Waals surface area contributed by atoms with Gasteiger partial charge in [0.2, 0.25) is 0 Å². The van der Waals surface area contributed by atoms with Crippen LogP contribution in [0.15, 0.2) is 54.1 Å². The monoisotopic (exact) mass is 412 g/mol. The molecule has 0 aromatic heterocycles. The quantitative estimate of drug-likeness (QED) is 0.430. The van der Waals surface area contributed by atoms with Crippen LogP contribution in [0.1, 0.15) is 23.6 Å². The molecule has 1 amide bonds. The van der Waals surface area contributed by atoms with Crippen LogP contribution < -0.4 is 4.74 Å². The average molecular weight is 412 g/mol. The van der Waals surface area contributed by atoms with Crippen LogP contribution in [0, 0.1) is 5.82 Å². The second kappa shape index (κ2) is 9.09. The van der Waals surface area contributed by atoms with Crippen molar-refractivity contribution >= 4 is 17.4 Å². The molecular formula is C23H25FN2O4. The number of ketones is 1. The molecule has 1 saturated heterocycles. The van der Waals surface area contributed by atoms with Crippen LogP contribution in [0.3, 0.4) is 0 Å². The molecule has 158 valence electrons. The molecule has 0 bridgehead atoms. The van der Waals surface area contributed by atoms with Gasteiger partial charge in [-0.25, -0.2) is 4.39 Å². The van der Waals surface area contributed by atoms with Gasteiger partial charge in [0.15, 0.2) is 0 Å². The van der Waals surface area contributed by atoms with Gasteiger partial charge in [0, 0.05) is 12.1 Å². The average Bonchev–Trinajstić information content (AvgIpc) is 2.98. The molecule has 0 radical (unpaired) electrons. The number of halogens is 1. The van der Waals surface area contributed by atoms with Crippen molar-refractivity contribution in [2.75, 3.05) is 34.3 Å². The first-order valence-corrected chi connectivity index (χ1v) is 9.66. The largest absolute Gasteiger partial charge is 0.507 e. The van der Waals surface area contributed by atoms with E-state index in [-0.39, 0.29) is 11.3 Å². The van der Waals surface area contributed by atoms with Gasteiger partial charge in [-0.05, 0) is 69.0 Å². The van der Waals surface area contributed by atoms with Crippen LogP contribution in [0.5, 0.6) is 5.75 Å². The summed E-state index contributed by atoms with van der Waals surface area (Å²) in [7, 11) is 5.38. The molecule has 0 aliphatic carbocycles. The van der Waals surface area contributed by atoms with Gasteiger partial charge in [-0.1, -0.05) is 12.1 Å². The molecule has 7 heteroatoms. The number of hydrogen-bond donors (Lipinski definition) is 1. The van der Waals surface area contributed by atoms with Gasteiger partial charge in [-0.3, -0.25) is 9.59 Å². The lowest BCUT2D eigenvalue weighted by Crippen LogP contribution is -2.32. The lowest BCUT2D eigenvalue weighted by molar-refractivity contribution is -0.139. The zero-order valence-electron chi connectivity index (χ0n) is 17.3. The van der Waals surface area contributed by atoms with Crippen LogP contribution in [0.4, 0.5) is 4.39 Å². The SMILES string of the molecule is COc1ccc(/C(O)=C2\C(=O)C(=O)N(CCCN(C)C)C2c2ccc(F)cc2)cc1. The summed E-state index contributed by atoms with van der Waals surface area (Å²) in [4.78, 5) is 29.1. The van der Waals surface area contributed by atoms with E-state index in [1.165, 1.54) is 36.3 Å². The number of ether oxygens (including phenoxy) is 1. The summed E-state index contributed by atoms with van der Waals surface area (Å²) in [5.74, 6) is -1.50. The maximum Gasteiger partial charge on any atom is 0.295 e. The van der Waals surface area contributed by atoms with Crippen molar-refractivity contribution in [2.24, 2.45) is 0 Å². The molecule has 30 heavy (non-hydrogen) atoms. The highest BCUT2D eigenvalue weighted by Crippen LogP contribution is 2.39. The summed E-state index contributed by atoms with van der Waals surface area (Å²) < 4.78 is 18.6. The Labute approximate surface area is 175 Å². The fourth-order valence-corrected chi connectivity index (χ4v) is 3.56. The standard InChI is InChI=1S/C23H25FN2O4/c1-25(2)13-4-14-26-20(15-5-9-17(24)10-6-15)19(22(28)23(26)29)21(27)16-7-11-18(30-3)12-8-16/h5-12,20,27H,4,13-14H2,1-3H3/b21-19+. The molecule has 3 rings (SSSR count). The summed E-state index contributed by atoms with van der Waals surface area (Å²) in [6.07, 6.45) is 0.653. The summed E-state index contributed by atoms with van der Waals surface area (Å²) in [5, 5.41) is 10.9. The summed E-state index contributed by atoms with van der Waals surface area (Å²) in [6, 6.07) is 11.4. The van der Waals surface area contributed by atoms with E-state index in [2.05, 4.69) is 0 Å². The molecule has 1 N–H and O–H groups in total. The molecule has 1 unspecified atom stereocenters. The lowest BCUT2D eigenvalue weighted by Gasteiger charge is -2.26. The normalized spacial score (nSPS) is 18.3. The number of methoxy groups -OCH3 is 1. The second-order valence-electron chi connectivity index (χ2n) is 7.43. The highest BCUT2D eigenvalue weighted by atomic mass is 19.1. The Morgan fingerprint density at radius 3 is 2.30 bits per heavy atom. The zero-order chi connectivity index (χ0) is 21.8. The number of carbonyl (C=O) groups excluding carboxylic acids is 2. The number of rotatable bonds is 7. The van der Waals surface area contributed by atoms with Crippen LogP contribution in [-0.2, 0) is 9.59 Å². The van der Waals surface area contributed by atoms with Gasteiger partial charge in [-0.15, -0.1) is 0 Å². The molecule has 2 aromatic carbocycles. The predicted octanol–water partition coefficient (Wildman–Crippen LogP) is 3.21. The van der Waals surface area contributed by atoms with Crippen molar-refractivity contribution in [3.8, 4) is 5.75 Å². The molecule has 1 aliphatic rings. The Kier molecular flexibility index (Phi) is 6.52. The Balaban J connectivity index is 2.06. The summed E-state index contributed by atoms with van der Waals surface area (Å²) >= 11 is 0. The number of benzene rings is 2. The van der Waals surface area contributed by atoms with Gasteiger partial charge >= 0.3 is 0 Å². The van der Waals surface area contributed by atoms with Gasteiger partial charge in [-0.2, -0.15) is 0 Å². The molecule has 0 spiro atoms. The lowest BCUT2D eigenvalue weighted by atomic mass is 9.95. The molecule has 1 aliphatic heterocycles. The van der Waals surface area contributed by atoms with Gasteiger partial charge in [0.1, 0.15) is 17.3 Å². The van der Waals surface area contributed by atoms with E-state index in [1.54, 1.807) is 24.3 Å². The van der Waals surface area contributed by atoms with E-state index in [0.717, 1.165) is 6.54 Å². The fourth-order valence-electron chi connectivity index (χ4n) is 3.56. The number of hydrogen-bond acceptors (Lipinski definition) is 5. The Morgan fingerprint density at radius 1 is 1.10 bits per heavy atom. The molecule has 1 atom stereocenters. The van der Waals surface area contributed by atoms with E-state index >= 15 is 0 Å². The van der Waals surface area contributed by atoms with Gasteiger partial charge < -0.3 is 19.6 Å². The zero-order valence-corrected chi connectivity index (χ0v) is 17.3. The highest BCUT2D eigenvalue weighted by molar-refractivity contribution is 6.46. The maximum atomic E-state index is 13.5. The molecule has 2 aromatic rings. The molecule has 0 saturated carbocycles. The third kappa shape index (κ3) is 4.36.